The van der Waals surface area contributed by atoms with Crippen LogP contribution in [0.25, 0.3) is 0 Å². The van der Waals surface area contributed by atoms with Crippen LogP contribution in [0.3, 0.4) is 0 Å². The van der Waals surface area contributed by atoms with Crippen LogP contribution in [-0.4, -0.2) is 39.5 Å². The first-order chi connectivity index (χ1) is 9.52. The zero-order valence-electron chi connectivity index (χ0n) is 13.3. The Bertz CT molecular complexity index is 382. The second-order valence-electron chi connectivity index (χ2n) is 7.14. The third kappa shape index (κ3) is 5.91. The highest BCUT2D eigenvalue weighted by atomic mass is 16.6. The van der Waals surface area contributed by atoms with E-state index >= 15 is 0 Å². The van der Waals surface area contributed by atoms with Gasteiger partial charge in [-0.3, -0.25) is 0 Å². The molecule has 0 aromatic heterocycles. The van der Waals surface area contributed by atoms with E-state index in [0.717, 1.165) is 12.8 Å². The Kier molecular flexibility index (Phi) is 5.61. The number of nitrogens with one attached hydrogen (secondary N) is 1. The highest BCUT2D eigenvalue weighted by molar-refractivity contribution is 5.84. The molecule has 0 aromatic rings. The number of carbonyl (C=O) groups is 2. The Balaban J connectivity index is 2.65. The van der Waals surface area contributed by atoms with E-state index in [1.165, 1.54) is 6.92 Å². The van der Waals surface area contributed by atoms with Crippen molar-refractivity contribution in [3.8, 4) is 0 Å². The number of carbonyl (C=O) groups excluding carboxylic acids is 1. The standard InChI is InChI=1S/C15H27NO5/c1-14(2,3)21-13(20)16-15(4,12(18)19)9-10-5-7-11(17)8-6-10/h10-11,17H,5-9H2,1-4H3,(H,16,20)(H,18,19). The van der Waals surface area contributed by atoms with Crippen LogP contribution in [-0.2, 0) is 9.53 Å². The van der Waals surface area contributed by atoms with Crippen LogP contribution in [0.4, 0.5) is 4.79 Å². The zero-order valence-corrected chi connectivity index (χ0v) is 13.3. The molecule has 0 spiro atoms. The van der Waals surface area contributed by atoms with E-state index < -0.39 is 23.2 Å². The highest BCUT2D eigenvalue weighted by Crippen LogP contribution is 2.31. The molecule has 0 radical (unpaired) electrons. The first-order valence-electron chi connectivity index (χ1n) is 7.44. The van der Waals surface area contributed by atoms with Crippen molar-refractivity contribution >= 4 is 12.1 Å². The molecule has 1 amide bonds. The minimum absolute atomic E-state index is 0.185. The number of hydrogen-bond donors (Lipinski definition) is 3. The number of amides is 1. The van der Waals surface area contributed by atoms with E-state index in [2.05, 4.69) is 5.32 Å². The first kappa shape index (κ1) is 17.8. The van der Waals surface area contributed by atoms with Crippen LogP contribution in [0.15, 0.2) is 0 Å². The highest BCUT2D eigenvalue weighted by Gasteiger charge is 2.39. The SMILES string of the molecule is CC(C)(C)OC(=O)NC(C)(CC1CCC(O)CC1)C(=O)O. The second-order valence-corrected chi connectivity index (χ2v) is 7.14. The van der Waals surface area contributed by atoms with E-state index in [4.69, 9.17) is 4.74 Å². The largest absolute Gasteiger partial charge is 0.480 e. The molecule has 1 unspecified atom stereocenters. The van der Waals surface area contributed by atoms with Gasteiger partial charge in [-0.2, -0.15) is 0 Å². The summed E-state index contributed by atoms with van der Waals surface area (Å²) in [6.45, 7) is 6.69. The third-order valence-electron chi connectivity index (χ3n) is 3.76. The van der Waals surface area contributed by atoms with Gasteiger partial charge in [-0.15, -0.1) is 0 Å². The number of alkyl carbamates (subject to hydrolysis) is 1. The van der Waals surface area contributed by atoms with E-state index in [1.54, 1.807) is 20.8 Å². The van der Waals surface area contributed by atoms with Gasteiger partial charge < -0.3 is 20.3 Å². The van der Waals surface area contributed by atoms with Gasteiger partial charge in [-0.05, 0) is 65.7 Å². The molecular formula is C15H27NO5. The molecule has 0 saturated heterocycles. The summed E-state index contributed by atoms with van der Waals surface area (Å²) in [4.78, 5) is 23.4. The number of hydrogen-bond acceptors (Lipinski definition) is 4. The number of carboxylic acids is 1. The molecule has 1 atom stereocenters. The number of carboxylic acid groups (broad SMARTS) is 1. The van der Waals surface area contributed by atoms with Gasteiger partial charge in [0.2, 0.25) is 0 Å². The van der Waals surface area contributed by atoms with Gasteiger partial charge in [0.05, 0.1) is 6.10 Å². The molecule has 3 N–H and O–H groups in total. The Labute approximate surface area is 125 Å². The molecule has 1 saturated carbocycles. The second kappa shape index (κ2) is 6.64. The number of ether oxygens (including phenoxy) is 1. The molecule has 122 valence electrons. The molecule has 1 aliphatic carbocycles. The van der Waals surface area contributed by atoms with E-state index in [9.17, 15) is 19.8 Å². The van der Waals surface area contributed by atoms with Gasteiger partial charge in [-0.25, -0.2) is 9.59 Å². The lowest BCUT2D eigenvalue weighted by atomic mass is 9.79. The predicted octanol–water partition coefficient (Wildman–Crippen LogP) is 2.30. The van der Waals surface area contributed by atoms with E-state index in [0.29, 0.717) is 19.3 Å². The fraction of sp³-hybridized carbons (Fsp3) is 0.867. The Hall–Kier alpha value is -1.30. The molecule has 1 aliphatic rings. The van der Waals surface area contributed by atoms with Crippen LogP contribution in [0.1, 0.15) is 59.8 Å². The Morgan fingerprint density at radius 1 is 1.14 bits per heavy atom. The van der Waals surface area contributed by atoms with Crippen molar-refractivity contribution in [2.24, 2.45) is 5.92 Å². The van der Waals surface area contributed by atoms with E-state index in [-0.39, 0.29) is 12.0 Å². The Morgan fingerprint density at radius 3 is 2.10 bits per heavy atom. The monoisotopic (exact) mass is 301 g/mol. The summed E-state index contributed by atoms with van der Waals surface area (Å²) in [7, 11) is 0. The molecule has 0 bridgehead atoms. The quantitative estimate of drug-likeness (QED) is 0.740. The van der Waals surface area contributed by atoms with Crippen molar-refractivity contribution in [3.63, 3.8) is 0 Å². The van der Waals surface area contributed by atoms with Crippen LogP contribution >= 0.6 is 0 Å². The Morgan fingerprint density at radius 2 is 1.67 bits per heavy atom. The van der Waals surface area contributed by atoms with Crippen LogP contribution in [0, 0.1) is 5.92 Å². The summed E-state index contributed by atoms with van der Waals surface area (Å²) >= 11 is 0. The molecule has 21 heavy (non-hydrogen) atoms. The summed E-state index contributed by atoms with van der Waals surface area (Å²) in [5.74, 6) is -0.885. The van der Waals surface area contributed by atoms with E-state index in [1.807, 2.05) is 0 Å². The number of aliphatic hydroxyl groups excluding tert-OH is 1. The number of aliphatic hydroxyl groups is 1. The molecule has 0 aromatic carbocycles. The molecule has 0 aliphatic heterocycles. The van der Waals surface area contributed by atoms with Gasteiger partial charge in [-0.1, -0.05) is 0 Å². The first-order valence-corrected chi connectivity index (χ1v) is 7.44. The summed E-state index contributed by atoms with van der Waals surface area (Å²) in [6, 6.07) is 0. The maximum Gasteiger partial charge on any atom is 0.408 e. The van der Waals surface area contributed by atoms with Crippen LogP contribution < -0.4 is 5.32 Å². The van der Waals surface area contributed by atoms with Gasteiger partial charge in [0.25, 0.3) is 0 Å². The number of rotatable bonds is 4. The summed E-state index contributed by atoms with van der Waals surface area (Å²) in [6.07, 6.45) is 2.27. The summed E-state index contributed by atoms with van der Waals surface area (Å²) in [5, 5.41) is 21.4. The van der Waals surface area contributed by atoms with Crippen molar-refractivity contribution in [2.75, 3.05) is 0 Å². The fourth-order valence-corrected chi connectivity index (χ4v) is 2.65. The van der Waals surface area contributed by atoms with Crippen molar-refractivity contribution < 1.29 is 24.5 Å². The van der Waals surface area contributed by atoms with Crippen molar-refractivity contribution in [1.29, 1.82) is 0 Å². The smallest absolute Gasteiger partial charge is 0.408 e. The minimum Gasteiger partial charge on any atom is -0.480 e. The number of aliphatic carboxylic acids is 1. The lowest BCUT2D eigenvalue weighted by Gasteiger charge is -2.34. The topological polar surface area (TPSA) is 95.9 Å². The molecule has 0 heterocycles. The van der Waals surface area contributed by atoms with Gasteiger partial charge in [0.15, 0.2) is 0 Å². The fourth-order valence-electron chi connectivity index (χ4n) is 2.65. The summed E-state index contributed by atoms with van der Waals surface area (Å²) < 4.78 is 5.14. The lowest BCUT2D eigenvalue weighted by molar-refractivity contribution is -0.145. The van der Waals surface area contributed by atoms with Crippen molar-refractivity contribution in [1.82, 2.24) is 5.32 Å². The maximum atomic E-state index is 11.8. The molecular weight excluding hydrogens is 274 g/mol. The molecule has 6 nitrogen and oxygen atoms in total. The van der Waals surface area contributed by atoms with Crippen molar-refractivity contribution in [3.05, 3.63) is 0 Å². The average Bonchev–Trinajstić information content (AvgIpc) is 2.29. The average molecular weight is 301 g/mol. The zero-order chi connectivity index (χ0) is 16.3. The van der Waals surface area contributed by atoms with Gasteiger partial charge >= 0.3 is 12.1 Å². The normalized spacial score (nSPS) is 25.8. The van der Waals surface area contributed by atoms with Crippen molar-refractivity contribution in [2.45, 2.75) is 77.0 Å². The molecule has 6 heteroatoms. The van der Waals surface area contributed by atoms with Gasteiger partial charge in [0.1, 0.15) is 11.1 Å². The maximum absolute atomic E-state index is 11.8. The molecule has 1 fully saturated rings. The van der Waals surface area contributed by atoms with Gasteiger partial charge in [0, 0.05) is 0 Å². The summed E-state index contributed by atoms with van der Waals surface area (Å²) in [5.41, 5.74) is -2.02. The third-order valence-corrected chi connectivity index (χ3v) is 3.76. The lowest BCUT2D eigenvalue weighted by Crippen LogP contribution is -2.54. The van der Waals surface area contributed by atoms with Crippen LogP contribution in [0.2, 0.25) is 0 Å². The molecule has 1 rings (SSSR count). The predicted molar refractivity (Wildman–Crippen MR) is 78.0 cm³/mol. The van der Waals surface area contributed by atoms with Crippen LogP contribution in [0.5, 0.6) is 0 Å². The minimum atomic E-state index is -1.35.